The highest BCUT2D eigenvalue weighted by molar-refractivity contribution is 7.89. The molecule has 6 nitrogen and oxygen atoms in total. The average molecular weight is 315 g/mol. The van der Waals surface area contributed by atoms with Crippen molar-refractivity contribution < 1.29 is 23.1 Å². The molecule has 0 aliphatic carbocycles. The van der Waals surface area contributed by atoms with E-state index in [-0.39, 0.29) is 11.3 Å². The van der Waals surface area contributed by atoms with Gasteiger partial charge in [-0.3, -0.25) is 4.79 Å². The van der Waals surface area contributed by atoms with Gasteiger partial charge in [0.2, 0.25) is 10.0 Å². The Morgan fingerprint density at radius 2 is 1.76 bits per heavy atom. The molecule has 0 heterocycles. The van der Waals surface area contributed by atoms with Crippen LogP contribution in [0.5, 0.6) is 5.75 Å². The van der Waals surface area contributed by atoms with Gasteiger partial charge >= 0.3 is 5.97 Å². The monoisotopic (exact) mass is 315 g/mol. The second-order valence-electron chi connectivity index (χ2n) is 4.98. The van der Waals surface area contributed by atoms with Gasteiger partial charge in [-0.1, -0.05) is 0 Å². The minimum Gasteiger partial charge on any atom is -0.493 e. The van der Waals surface area contributed by atoms with Crippen molar-refractivity contribution in [1.29, 1.82) is 0 Å². The summed E-state index contributed by atoms with van der Waals surface area (Å²) in [7, 11) is -3.72. The van der Waals surface area contributed by atoms with Crippen molar-refractivity contribution in [2.45, 2.75) is 44.4 Å². The summed E-state index contributed by atoms with van der Waals surface area (Å²) in [4.78, 5) is 10.4. The van der Waals surface area contributed by atoms with Gasteiger partial charge in [0.15, 0.2) is 0 Å². The number of aryl methyl sites for hydroxylation is 2. The zero-order chi connectivity index (χ0) is 16.0. The van der Waals surface area contributed by atoms with Gasteiger partial charge in [-0.15, -0.1) is 0 Å². The molecular weight excluding hydrogens is 294 g/mol. The maximum atomic E-state index is 11.3. The number of hydrogen-bond acceptors (Lipinski definition) is 4. The molecule has 0 saturated heterocycles. The summed E-state index contributed by atoms with van der Waals surface area (Å²) in [5, 5.41) is 13.6. The molecule has 0 radical (unpaired) electrons. The van der Waals surface area contributed by atoms with E-state index in [9.17, 15) is 13.2 Å². The highest BCUT2D eigenvalue weighted by Gasteiger charge is 2.13. The van der Waals surface area contributed by atoms with Crippen LogP contribution in [-0.4, -0.2) is 26.1 Å². The van der Waals surface area contributed by atoms with Crippen molar-refractivity contribution in [3.05, 3.63) is 23.3 Å². The summed E-state index contributed by atoms with van der Waals surface area (Å²) in [6.07, 6.45) is 2.32. The van der Waals surface area contributed by atoms with Gasteiger partial charge in [0.05, 0.1) is 11.5 Å². The molecule has 0 aromatic heterocycles. The van der Waals surface area contributed by atoms with E-state index in [0.29, 0.717) is 29.9 Å². The maximum Gasteiger partial charge on any atom is 0.303 e. The molecule has 0 saturated carbocycles. The van der Waals surface area contributed by atoms with Gasteiger partial charge in [0.1, 0.15) is 5.75 Å². The van der Waals surface area contributed by atoms with Crippen LogP contribution in [0.2, 0.25) is 0 Å². The Bertz CT molecular complexity index is 587. The van der Waals surface area contributed by atoms with Crippen LogP contribution < -0.4 is 9.88 Å². The number of hydrogen-bond donors (Lipinski definition) is 2. The van der Waals surface area contributed by atoms with Crippen LogP contribution in [0.1, 0.15) is 36.8 Å². The first kappa shape index (κ1) is 17.5. The molecule has 1 rings (SSSR count). The number of primary sulfonamides is 1. The molecule has 0 fully saturated rings. The van der Waals surface area contributed by atoms with Crippen molar-refractivity contribution in [3.8, 4) is 5.75 Å². The lowest BCUT2D eigenvalue weighted by Crippen LogP contribution is -2.13. The first-order chi connectivity index (χ1) is 9.71. The van der Waals surface area contributed by atoms with Gasteiger partial charge in [-0.25, -0.2) is 13.6 Å². The number of benzene rings is 1. The van der Waals surface area contributed by atoms with E-state index in [1.54, 1.807) is 13.8 Å². The Labute approximate surface area is 125 Å². The molecule has 0 bridgehead atoms. The second-order valence-corrected chi connectivity index (χ2v) is 6.55. The number of rotatable bonds is 8. The topological polar surface area (TPSA) is 107 Å². The summed E-state index contributed by atoms with van der Waals surface area (Å²) in [5.41, 5.74) is 1.43. The third kappa shape index (κ3) is 5.73. The van der Waals surface area contributed by atoms with Gasteiger partial charge < -0.3 is 9.84 Å². The molecule has 3 N–H and O–H groups in total. The lowest BCUT2D eigenvalue weighted by molar-refractivity contribution is -0.137. The number of carboxylic acids is 1. The number of ether oxygens (including phenoxy) is 1. The van der Waals surface area contributed by atoms with Gasteiger partial charge in [0.25, 0.3) is 0 Å². The molecule has 1 aromatic carbocycles. The SMILES string of the molecule is Cc1cc(S(N)(=O)=O)cc(C)c1OCCCCCC(=O)O. The summed E-state index contributed by atoms with van der Waals surface area (Å²) >= 11 is 0. The number of carboxylic acid groups (broad SMARTS) is 1. The van der Waals surface area contributed by atoms with Crippen LogP contribution in [0.25, 0.3) is 0 Å². The third-order valence-electron chi connectivity index (χ3n) is 3.04. The molecule has 0 amide bonds. The predicted octanol–water partition coefficient (Wildman–Crippen LogP) is 1.97. The Balaban J connectivity index is 2.59. The normalized spacial score (nSPS) is 11.4. The molecule has 21 heavy (non-hydrogen) atoms. The van der Waals surface area contributed by atoms with Crippen molar-refractivity contribution in [2.75, 3.05) is 6.61 Å². The average Bonchev–Trinajstić information content (AvgIpc) is 2.34. The molecule has 0 aliphatic heterocycles. The molecule has 0 unspecified atom stereocenters. The largest absolute Gasteiger partial charge is 0.493 e. The number of carbonyl (C=O) groups is 1. The molecule has 0 spiro atoms. The zero-order valence-corrected chi connectivity index (χ0v) is 13.1. The van der Waals surface area contributed by atoms with Crippen molar-refractivity contribution in [1.82, 2.24) is 0 Å². The molecule has 7 heteroatoms. The highest BCUT2D eigenvalue weighted by atomic mass is 32.2. The minimum absolute atomic E-state index is 0.0753. The standard InChI is InChI=1S/C14H21NO5S/c1-10-8-12(21(15,18)19)9-11(2)14(10)20-7-5-3-4-6-13(16)17/h8-9H,3-7H2,1-2H3,(H,16,17)(H2,15,18,19). The fourth-order valence-corrected chi connectivity index (χ4v) is 2.71. The minimum atomic E-state index is -3.72. The number of aliphatic carboxylic acids is 1. The third-order valence-corrected chi connectivity index (χ3v) is 3.94. The van der Waals surface area contributed by atoms with Crippen LogP contribution >= 0.6 is 0 Å². The van der Waals surface area contributed by atoms with Crippen LogP contribution in [0.15, 0.2) is 17.0 Å². The van der Waals surface area contributed by atoms with Crippen LogP contribution in [-0.2, 0) is 14.8 Å². The van der Waals surface area contributed by atoms with Crippen molar-refractivity contribution in [2.24, 2.45) is 5.14 Å². The van der Waals surface area contributed by atoms with E-state index in [4.69, 9.17) is 15.0 Å². The predicted molar refractivity (Wildman–Crippen MR) is 78.9 cm³/mol. The van der Waals surface area contributed by atoms with Gasteiger partial charge in [-0.2, -0.15) is 0 Å². The molecule has 1 aromatic rings. The zero-order valence-electron chi connectivity index (χ0n) is 12.3. The number of unbranched alkanes of at least 4 members (excludes halogenated alkanes) is 2. The quantitative estimate of drug-likeness (QED) is 0.713. The van der Waals surface area contributed by atoms with E-state index in [0.717, 1.165) is 12.8 Å². The Morgan fingerprint density at radius 1 is 1.19 bits per heavy atom. The fourth-order valence-electron chi connectivity index (χ4n) is 2.03. The summed E-state index contributed by atoms with van der Waals surface area (Å²) in [6, 6.07) is 2.98. The van der Waals surface area contributed by atoms with Crippen LogP contribution in [0.3, 0.4) is 0 Å². The molecular formula is C14H21NO5S. The molecule has 0 aliphatic rings. The van der Waals surface area contributed by atoms with E-state index in [1.807, 2.05) is 0 Å². The summed E-state index contributed by atoms with van der Waals surface area (Å²) < 4.78 is 28.3. The molecule has 0 atom stereocenters. The lowest BCUT2D eigenvalue weighted by atomic mass is 10.1. The smallest absolute Gasteiger partial charge is 0.303 e. The molecule has 118 valence electrons. The second kappa shape index (κ2) is 7.42. The number of nitrogens with two attached hydrogens (primary N) is 1. The Kier molecular flexibility index (Phi) is 6.17. The first-order valence-electron chi connectivity index (χ1n) is 6.70. The van der Waals surface area contributed by atoms with Gasteiger partial charge in [0, 0.05) is 6.42 Å². The van der Waals surface area contributed by atoms with Crippen molar-refractivity contribution >= 4 is 16.0 Å². The van der Waals surface area contributed by atoms with Crippen molar-refractivity contribution in [3.63, 3.8) is 0 Å². The van der Waals surface area contributed by atoms with Crippen LogP contribution in [0, 0.1) is 13.8 Å². The van der Waals surface area contributed by atoms with E-state index in [1.165, 1.54) is 12.1 Å². The Morgan fingerprint density at radius 3 is 2.24 bits per heavy atom. The summed E-state index contributed by atoms with van der Waals surface area (Å²) in [6.45, 7) is 4.00. The van der Waals surface area contributed by atoms with E-state index < -0.39 is 16.0 Å². The van der Waals surface area contributed by atoms with E-state index >= 15 is 0 Å². The van der Waals surface area contributed by atoms with E-state index in [2.05, 4.69) is 0 Å². The van der Waals surface area contributed by atoms with Gasteiger partial charge in [-0.05, 0) is 56.4 Å². The van der Waals surface area contributed by atoms with Crippen LogP contribution in [0.4, 0.5) is 0 Å². The summed E-state index contributed by atoms with van der Waals surface area (Å²) in [5.74, 6) is -0.137. The Hall–Kier alpha value is -1.60. The fraction of sp³-hybridized carbons (Fsp3) is 0.500. The lowest BCUT2D eigenvalue weighted by Gasteiger charge is -2.13. The highest BCUT2D eigenvalue weighted by Crippen LogP contribution is 2.26. The number of sulfonamides is 1. The maximum absolute atomic E-state index is 11.3. The first-order valence-corrected chi connectivity index (χ1v) is 8.25.